The van der Waals surface area contributed by atoms with Crippen molar-refractivity contribution in [3.63, 3.8) is 0 Å². The van der Waals surface area contributed by atoms with Crippen molar-refractivity contribution in [2.24, 2.45) is 5.92 Å². The highest BCUT2D eigenvalue weighted by molar-refractivity contribution is 6.20. The zero-order chi connectivity index (χ0) is 31.8. The van der Waals surface area contributed by atoms with E-state index in [0.29, 0.717) is 5.92 Å². The second kappa shape index (κ2) is 10.6. The van der Waals surface area contributed by atoms with Gasteiger partial charge < -0.3 is 4.42 Å². The van der Waals surface area contributed by atoms with Crippen LogP contribution in [0.3, 0.4) is 0 Å². The summed E-state index contributed by atoms with van der Waals surface area (Å²) in [6.45, 7) is 2.34. The average molecular weight is 613 g/mol. The predicted octanol–water partition coefficient (Wildman–Crippen LogP) is 13.0. The van der Waals surface area contributed by atoms with Gasteiger partial charge in [-0.25, -0.2) is 0 Å². The normalized spacial score (nSPS) is 14.6. The molecule has 1 heterocycles. The van der Waals surface area contributed by atoms with Crippen molar-refractivity contribution in [3.8, 4) is 22.3 Å². The van der Waals surface area contributed by atoms with E-state index in [4.69, 9.17) is 4.42 Å². The largest absolute Gasteiger partial charge is 0.455 e. The number of allylic oxidation sites excluding steroid dienone is 1. The van der Waals surface area contributed by atoms with Crippen LogP contribution in [0, 0.1) is 5.92 Å². The topological polar surface area (TPSA) is 13.1 Å². The molecule has 8 aromatic carbocycles. The van der Waals surface area contributed by atoms with Gasteiger partial charge in [-0.1, -0.05) is 140 Å². The highest BCUT2D eigenvalue weighted by Gasteiger charge is 2.23. The third kappa shape index (κ3) is 4.11. The molecule has 48 heavy (non-hydrogen) atoms. The highest BCUT2D eigenvalue weighted by atomic mass is 16.3. The molecule has 1 aliphatic carbocycles. The standard InChI is InChI=1S/C47H32O/c1-29-25-33-12-3-4-15-35(33)43(26-29)46-39-19-8-6-17-37(39)45(38-18-7-9-20-40(38)46)34-14-10-13-31(27-34)32-22-24-44-42(28-32)41-23-21-30-11-2-5-16-36(30)47(41)48-44/h2-24,26-29H,25H2,1H3. The predicted molar refractivity (Wildman–Crippen MR) is 203 cm³/mol. The highest BCUT2D eigenvalue weighted by Crippen LogP contribution is 2.46. The number of fused-ring (bicyclic) bond motifs is 8. The van der Waals surface area contributed by atoms with Crippen molar-refractivity contribution in [3.05, 3.63) is 174 Å². The van der Waals surface area contributed by atoms with Gasteiger partial charge in [0.15, 0.2) is 0 Å². The number of hydrogen-bond acceptors (Lipinski definition) is 1. The van der Waals surface area contributed by atoms with Crippen LogP contribution in [0.2, 0.25) is 0 Å². The summed E-state index contributed by atoms with van der Waals surface area (Å²) in [4.78, 5) is 0. The summed E-state index contributed by atoms with van der Waals surface area (Å²) < 4.78 is 6.43. The Kier molecular flexibility index (Phi) is 5.98. The Bertz CT molecular complexity index is 2720. The van der Waals surface area contributed by atoms with Gasteiger partial charge >= 0.3 is 0 Å². The molecule has 1 aliphatic rings. The Balaban J connectivity index is 1.18. The molecular formula is C47H32O. The second-order valence-corrected chi connectivity index (χ2v) is 13.3. The molecule has 0 spiro atoms. The fourth-order valence-electron chi connectivity index (χ4n) is 8.23. The Morgan fingerprint density at radius 3 is 1.92 bits per heavy atom. The van der Waals surface area contributed by atoms with Crippen LogP contribution in [-0.4, -0.2) is 0 Å². The van der Waals surface area contributed by atoms with Gasteiger partial charge in [0.25, 0.3) is 0 Å². The van der Waals surface area contributed by atoms with Crippen LogP contribution >= 0.6 is 0 Å². The third-order valence-electron chi connectivity index (χ3n) is 10.3. The molecule has 1 atom stereocenters. The Morgan fingerprint density at radius 2 is 1.12 bits per heavy atom. The van der Waals surface area contributed by atoms with Crippen molar-refractivity contribution in [1.82, 2.24) is 0 Å². The molecular weight excluding hydrogens is 581 g/mol. The fourth-order valence-corrected chi connectivity index (χ4v) is 8.23. The monoisotopic (exact) mass is 612 g/mol. The van der Waals surface area contributed by atoms with Crippen LogP contribution in [0.15, 0.2) is 162 Å². The molecule has 1 unspecified atom stereocenters. The van der Waals surface area contributed by atoms with E-state index in [1.54, 1.807) is 0 Å². The number of hydrogen-bond donors (Lipinski definition) is 0. The molecule has 0 saturated carbocycles. The van der Waals surface area contributed by atoms with Gasteiger partial charge in [-0.05, 0) is 108 Å². The number of benzene rings is 8. The molecule has 0 N–H and O–H groups in total. The van der Waals surface area contributed by atoms with Gasteiger partial charge in [0.05, 0.1) is 0 Å². The first-order chi connectivity index (χ1) is 23.7. The molecule has 0 bridgehead atoms. The van der Waals surface area contributed by atoms with Crippen LogP contribution in [0.4, 0.5) is 0 Å². The van der Waals surface area contributed by atoms with Crippen LogP contribution in [0.25, 0.3) is 82.1 Å². The van der Waals surface area contributed by atoms with Crippen molar-refractivity contribution in [1.29, 1.82) is 0 Å². The van der Waals surface area contributed by atoms with Gasteiger partial charge in [0, 0.05) is 16.2 Å². The summed E-state index contributed by atoms with van der Waals surface area (Å²) in [6, 6.07) is 55.5. The minimum Gasteiger partial charge on any atom is -0.455 e. The third-order valence-corrected chi connectivity index (χ3v) is 10.3. The van der Waals surface area contributed by atoms with Gasteiger partial charge in [-0.15, -0.1) is 0 Å². The number of rotatable bonds is 3. The van der Waals surface area contributed by atoms with Gasteiger partial charge in [-0.3, -0.25) is 0 Å². The molecule has 10 rings (SSSR count). The minimum absolute atomic E-state index is 0.479. The van der Waals surface area contributed by atoms with E-state index in [-0.39, 0.29) is 0 Å². The van der Waals surface area contributed by atoms with Gasteiger partial charge in [-0.2, -0.15) is 0 Å². The Hall–Kier alpha value is -5.92. The lowest BCUT2D eigenvalue weighted by Crippen LogP contribution is -2.08. The summed E-state index contributed by atoms with van der Waals surface area (Å²) in [6.07, 6.45) is 3.58. The molecule has 0 fully saturated rings. The van der Waals surface area contributed by atoms with E-state index in [1.807, 2.05) is 0 Å². The first-order valence-electron chi connectivity index (χ1n) is 16.9. The Morgan fingerprint density at radius 1 is 0.479 bits per heavy atom. The molecule has 9 aromatic rings. The average Bonchev–Trinajstić information content (AvgIpc) is 3.52. The van der Waals surface area contributed by atoms with Crippen molar-refractivity contribution >= 4 is 59.8 Å². The molecule has 0 radical (unpaired) electrons. The van der Waals surface area contributed by atoms with Crippen molar-refractivity contribution < 1.29 is 4.42 Å². The van der Waals surface area contributed by atoms with Crippen LogP contribution in [-0.2, 0) is 6.42 Å². The molecule has 1 aromatic heterocycles. The molecule has 0 saturated heterocycles. The number of furan rings is 1. The van der Waals surface area contributed by atoms with Crippen molar-refractivity contribution in [2.45, 2.75) is 13.3 Å². The lowest BCUT2D eigenvalue weighted by Gasteiger charge is -2.25. The fraction of sp³-hybridized carbons (Fsp3) is 0.0638. The maximum Gasteiger partial charge on any atom is 0.143 e. The van der Waals surface area contributed by atoms with E-state index in [9.17, 15) is 0 Å². The summed E-state index contributed by atoms with van der Waals surface area (Å²) in [5.74, 6) is 0.479. The van der Waals surface area contributed by atoms with Gasteiger partial charge in [0.1, 0.15) is 11.2 Å². The smallest absolute Gasteiger partial charge is 0.143 e. The summed E-state index contributed by atoms with van der Waals surface area (Å²) in [5.41, 5.74) is 12.2. The maximum absolute atomic E-state index is 6.43. The lowest BCUT2D eigenvalue weighted by molar-refractivity contribution is 0.672. The first kappa shape index (κ1) is 27.2. The van der Waals surface area contributed by atoms with E-state index in [1.165, 1.54) is 71.4 Å². The lowest BCUT2D eigenvalue weighted by atomic mass is 9.78. The SMILES string of the molecule is CC1C=C(c2c3ccccc3c(-c3cccc(-c4ccc5oc6c7ccccc7ccc6c5c4)c3)c3ccccc23)c2ccccc2C1. The second-order valence-electron chi connectivity index (χ2n) is 13.3. The van der Waals surface area contributed by atoms with Crippen LogP contribution < -0.4 is 0 Å². The van der Waals surface area contributed by atoms with E-state index >= 15 is 0 Å². The molecule has 226 valence electrons. The van der Waals surface area contributed by atoms with Crippen molar-refractivity contribution in [2.75, 3.05) is 0 Å². The molecule has 0 amide bonds. The van der Waals surface area contributed by atoms with E-state index in [2.05, 4.69) is 165 Å². The first-order valence-corrected chi connectivity index (χ1v) is 16.9. The van der Waals surface area contributed by atoms with Crippen LogP contribution in [0.5, 0.6) is 0 Å². The Labute approximate surface area is 279 Å². The molecule has 1 heteroatoms. The van der Waals surface area contributed by atoms with Gasteiger partial charge in [0.2, 0.25) is 0 Å². The summed E-state index contributed by atoms with van der Waals surface area (Å²) in [5, 5.41) is 9.80. The van der Waals surface area contributed by atoms with E-state index < -0.39 is 0 Å². The molecule has 1 nitrogen and oxygen atoms in total. The quantitative estimate of drug-likeness (QED) is 0.181. The maximum atomic E-state index is 6.43. The minimum atomic E-state index is 0.479. The summed E-state index contributed by atoms with van der Waals surface area (Å²) in [7, 11) is 0. The zero-order valence-electron chi connectivity index (χ0n) is 26.7. The zero-order valence-corrected chi connectivity index (χ0v) is 26.7. The van der Waals surface area contributed by atoms with Crippen LogP contribution in [0.1, 0.15) is 23.6 Å². The molecule has 0 aliphatic heterocycles. The summed E-state index contributed by atoms with van der Waals surface area (Å²) >= 11 is 0. The van der Waals surface area contributed by atoms with E-state index in [0.717, 1.165) is 33.7 Å².